The highest BCUT2D eigenvalue weighted by molar-refractivity contribution is 7.16. The van der Waals surface area contributed by atoms with Gasteiger partial charge in [0, 0.05) is 32.0 Å². The van der Waals surface area contributed by atoms with E-state index in [1.807, 2.05) is 11.4 Å². The summed E-state index contributed by atoms with van der Waals surface area (Å²) in [6.45, 7) is 2.59. The normalized spacial score (nSPS) is 11.1. The van der Waals surface area contributed by atoms with Crippen LogP contribution in [0.25, 0.3) is 10.2 Å². The van der Waals surface area contributed by atoms with E-state index in [2.05, 4.69) is 20.9 Å². The van der Waals surface area contributed by atoms with Crippen molar-refractivity contribution in [3.8, 4) is 6.07 Å². The van der Waals surface area contributed by atoms with E-state index < -0.39 is 0 Å². The van der Waals surface area contributed by atoms with Gasteiger partial charge in [0.1, 0.15) is 15.8 Å². The van der Waals surface area contributed by atoms with Gasteiger partial charge in [-0.1, -0.05) is 11.6 Å². The molecule has 7 heteroatoms. The van der Waals surface area contributed by atoms with Gasteiger partial charge < -0.3 is 4.74 Å². The summed E-state index contributed by atoms with van der Waals surface area (Å²) in [4.78, 5) is 11.8. The van der Waals surface area contributed by atoms with Crippen LogP contribution in [0.2, 0.25) is 5.15 Å². The fourth-order valence-electron chi connectivity index (χ4n) is 1.83. The van der Waals surface area contributed by atoms with Crippen LogP contribution < -0.4 is 0 Å². The van der Waals surface area contributed by atoms with Crippen molar-refractivity contribution in [1.29, 1.82) is 5.26 Å². The number of nitriles is 1. The highest BCUT2D eigenvalue weighted by Crippen LogP contribution is 2.25. The molecule has 0 aromatic carbocycles. The minimum atomic E-state index is 0.471. The highest BCUT2D eigenvalue weighted by Gasteiger charge is 2.11. The molecule has 20 heavy (non-hydrogen) atoms. The van der Waals surface area contributed by atoms with E-state index in [1.54, 1.807) is 18.4 Å². The van der Waals surface area contributed by atoms with E-state index in [9.17, 15) is 0 Å². The fraction of sp³-hybridized carbons (Fsp3) is 0.462. The zero-order valence-corrected chi connectivity index (χ0v) is 12.7. The number of hydrogen-bond acceptors (Lipinski definition) is 6. The van der Waals surface area contributed by atoms with E-state index in [4.69, 9.17) is 21.6 Å². The zero-order valence-electron chi connectivity index (χ0n) is 11.2. The molecule has 106 valence electrons. The Bertz CT molecular complexity index is 610. The van der Waals surface area contributed by atoms with Gasteiger partial charge in [-0.2, -0.15) is 5.26 Å². The molecule has 2 heterocycles. The Morgan fingerprint density at radius 1 is 1.45 bits per heavy atom. The number of nitrogens with zero attached hydrogens (tertiary/aromatic N) is 4. The first-order valence-corrected chi connectivity index (χ1v) is 7.48. The number of aromatic nitrogens is 2. The quantitative estimate of drug-likeness (QED) is 0.736. The monoisotopic (exact) mass is 310 g/mol. The van der Waals surface area contributed by atoms with Crippen LogP contribution in [0, 0.1) is 11.3 Å². The lowest BCUT2D eigenvalue weighted by molar-refractivity contribution is 0.144. The minimum Gasteiger partial charge on any atom is -0.383 e. The molecule has 0 unspecified atom stereocenters. The van der Waals surface area contributed by atoms with Crippen molar-refractivity contribution >= 4 is 33.2 Å². The second-order valence-corrected chi connectivity index (χ2v) is 5.50. The zero-order chi connectivity index (χ0) is 14.4. The summed E-state index contributed by atoms with van der Waals surface area (Å²) in [5, 5.41) is 12.0. The average molecular weight is 311 g/mol. The van der Waals surface area contributed by atoms with Crippen molar-refractivity contribution in [2.24, 2.45) is 0 Å². The molecule has 0 aliphatic heterocycles. The van der Waals surface area contributed by atoms with Crippen LogP contribution in [0.4, 0.5) is 0 Å². The fourth-order valence-corrected chi connectivity index (χ4v) is 2.92. The molecule has 2 rings (SSSR count). The molecule has 0 amide bonds. The summed E-state index contributed by atoms with van der Waals surface area (Å²) in [7, 11) is 1.66. The molecule has 0 atom stereocenters. The largest absolute Gasteiger partial charge is 0.383 e. The van der Waals surface area contributed by atoms with E-state index in [0.717, 1.165) is 16.8 Å². The predicted molar refractivity (Wildman–Crippen MR) is 79.8 cm³/mol. The predicted octanol–water partition coefficient (Wildman–Crippen LogP) is 2.71. The molecule has 0 aliphatic carbocycles. The Kier molecular flexibility index (Phi) is 5.68. The van der Waals surface area contributed by atoms with Crippen LogP contribution >= 0.6 is 22.9 Å². The van der Waals surface area contributed by atoms with Gasteiger partial charge >= 0.3 is 0 Å². The average Bonchev–Trinajstić information content (AvgIpc) is 2.90. The smallest absolute Gasteiger partial charge is 0.145 e. The van der Waals surface area contributed by atoms with E-state index >= 15 is 0 Å². The van der Waals surface area contributed by atoms with Crippen LogP contribution in [0.1, 0.15) is 12.2 Å². The third-order valence-electron chi connectivity index (χ3n) is 2.84. The van der Waals surface area contributed by atoms with E-state index in [-0.39, 0.29) is 0 Å². The maximum Gasteiger partial charge on any atom is 0.145 e. The van der Waals surface area contributed by atoms with Gasteiger partial charge in [0.25, 0.3) is 0 Å². The summed E-state index contributed by atoms with van der Waals surface area (Å²) in [5.74, 6) is 0.680. The Morgan fingerprint density at radius 3 is 3.05 bits per heavy atom. The van der Waals surface area contributed by atoms with Crippen molar-refractivity contribution < 1.29 is 4.74 Å². The van der Waals surface area contributed by atoms with Gasteiger partial charge in [0.05, 0.1) is 19.2 Å². The van der Waals surface area contributed by atoms with Gasteiger partial charge in [-0.3, -0.25) is 4.90 Å². The van der Waals surface area contributed by atoms with E-state index in [0.29, 0.717) is 37.1 Å². The molecule has 0 spiro atoms. The van der Waals surface area contributed by atoms with Crippen molar-refractivity contribution in [2.45, 2.75) is 13.0 Å². The van der Waals surface area contributed by atoms with Crippen LogP contribution in [0.3, 0.4) is 0 Å². The van der Waals surface area contributed by atoms with Crippen LogP contribution in [0.5, 0.6) is 0 Å². The summed E-state index contributed by atoms with van der Waals surface area (Å²) < 4.78 is 5.08. The van der Waals surface area contributed by atoms with Crippen molar-refractivity contribution in [2.75, 3.05) is 26.8 Å². The Labute approximate surface area is 126 Å². The van der Waals surface area contributed by atoms with Gasteiger partial charge in [-0.05, 0) is 11.4 Å². The Hall–Kier alpha value is -1.26. The third-order valence-corrected chi connectivity index (χ3v) is 3.94. The Balaban J connectivity index is 2.12. The molecule has 2 aromatic heterocycles. The molecule has 0 saturated carbocycles. The maximum absolute atomic E-state index is 8.71. The molecule has 2 aromatic rings. The summed E-state index contributed by atoms with van der Waals surface area (Å²) in [6, 6.07) is 4.07. The third kappa shape index (κ3) is 3.87. The number of halogens is 1. The number of ether oxygens (including phenoxy) is 1. The van der Waals surface area contributed by atoms with Gasteiger partial charge in [-0.15, -0.1) is 11.3 Å². The molecule has 0 aliphatic rings. The van der Waals surface area contributed by atoms with Gasteiger partial charge in [-0.25, -0.2) is 9.97 Å². The molecule has 0 fully saturated rings. The minimum absolute atomic E-state index is 0.471. The lowest BCUT2D eigenvalue weighted by Crippen LogP contribution is -2.28. The highest BCUT2D eigenvalue weighted by atomic mass is 35.5. The lowest BCUT2D eigenvalue weighted by atomic mass is 10.3. The number of thiophene rings is 1. The van der Waals surface area contributed by atoms with Crippen LogP contribution in [-0.2, 0) is 11.3 Å². The second kappa shape index (κ2) is 7.50. The van der Waals surface area contributed by atoms with Crippen LogP contribution in [-0.4, -0.2) is 41.7 Å². The maximum atomic E-state index is 8.71. The summed E-state index contributed by atoms with van der Waals surface area (Å²) in [5.41, 5.74) is 0. The molecule has 5 nitrogen and oxygen atoms in total. The summed E-state index contributed by atoms with van der Waals surface area (Å²) >= 11 is 7.70. The standard InChI is InChI=1S/C13H15ClN4OS/c1-19-7-6-18(5-2-4-15)9-11-16-12(14)10-3-8-20-13(10)17-11/h3,8H,2,5-7,9H2,1H3. The molecule has 0 N–H and O–H groups in total. The lowest BCUT2D eigenvalue weighted by Gasteiger charge is -2.19. The van der Waals surface area contributed by atoms with Gasteiger partial charge in [0.2, 0.25) is 0 Å². The van der Waals surface area contributed by atoms with Crippen molar-refractivity contribution in [1.82, 2.24) is 14.9 Å². The van der Waals surface area contributed by atoms with Crippen LogP contribution in [0.15, 0.2) is 11.4 Å². The summed E-state index contributed by atoms with van der Waals surface area (Å²) in [6.07, 6.45) is 0.471. The first kappa shape index (κ1) is 15.1. The Morgan fingerprint density at radius 2 is 2.30 bits per heavy atom. The number of hydrogen-bond donors (Lipinski definition) is 0. The molecule has 0 saturated heterocycles. The first-order chi connectivity index (χ1) is 9.74. The topological polar surface area (TPSA) is 62.0 Å². The first-order valence-electron chi connectivity index (χ1n) is 6.22. The molecular weight excluding hydrogens is 296 g/mol. The van der Waals surface area contributed by atoms with Crippen molar-refractivity contribution in [3.63, 3.8) is 0 Å². The number of methoxy groups -OCH3 is 1. The van der Waals surface area contributed by atoms with Gasteiger partial charge in [0.15, 0.2) is 0 Å². The molecule has 0 bridgehead atoms. The van der Waals surface area contributed by atoms with E-state index in [1.165, 1.54) is 0 Å². The second-order valence-electron chi connectivity index (χ2n) is 4.25. The number of rotatable bonds is 7. The molecule has 0 radical (unpaired) electrons. The SMILES string of the molecule is COCCN(CCC#N)Cc1nc(Cl)c2ccsc2n1. The number of fused-ring (bicyclic) bond motifs is 1. The van der Waals surface area contributed by atoms with Crippen molar-refractivity contribution in [3.05, 3.63) is 22.4 Å². The molecular formula is C13H15ClN4OS.